The molecule has 1 fully saturated rings. The van der Waals surface area contributed by atoms with Crippen LogP contribution in [0, 0.1) is 0 Å². The van der Waals surface area contributed by atoms with Gasteiger partial charge in [-0.25, -0.2) is 9.97 Å². The number of carbonyl (C=O) groups is 1. The molecule has 0 spiro atoms. The highest BCUT2D eigenvalue weighted by Gasteiger charge is 2.25. The monoisotopic (exact) mass is 311 g/mol. The van der Waals surface area contributed by atoms with Crippen molar-refractivity contribution in [3.05, 3.63) is 35.7 Å². The molecule has 4 heterocycles. The van der Waals surface area contributed by atoms with Crippen molar-refractivity contribution >= 4 is 16.9 Å². The molecule has 1 atom stereocenters. The topological polar surface area (TPSA) is 55.3 Å². The summed E-state index contributed by atoms with van der Waals surface area (Å²) in [5.74, 6) is 0.203. The third-order valence-corrected chi connectivity index (χ3v) is 4.77. The van der Waals surface area contributed by atoms with Gasteiger partial charge in [0.15, 0.2) is 5.65 Å². The number of hydrogen-bond acceptors (Lipinski definition) is 4. The van der Waals surface area contributed by atoms with E-state index >= 15 is 0 Å². The number of ether oxygens (including phenoxy) is 1. The second-order valence-electron chi connectivity index (χ2n) is 6.40. The van der Waals surface area contributed by atoms with E-state index in [1.807, 2.05) is 17.0 Å². The molecule has 0 saturated carbocycles. The molecule has 2 aliphatic rings. The van der Waals surface area contributed by atoms with E-state index in [2.05, 4.69) is 16.0 Å². The lowest BCUT2D eigenvalue weighted by molar-refractivity contribution is -0.136. The number of pyridine rings is 2. The quantitative estimate of drug-likeness (QED) is 0.855. The molecule has 2 aliphatic heterocycles. The molecular formula is C18H21N3O2. The van der Waals surface area contributed by atoms with Crippen molar-refractivity contribution in [1.82, 2.24) is 14.9 Å². The van der Waals surface area contributed by atoms with E-state index in [9.17, 15) is 4.79 Å². The Balaban J connectivity index is 1.49. The van der Waals surface area contributed by atoms with Gasteiger partial charge in [-0.3, -0.25) is 4.79 Å². The summed E-state index contributed by atoms with van der Waals surface area (Å²) in [7, 11) is 0. The van der Waals surface area contributed by atoms with Crippen LogP contribution in [0.1, 0.15) is 36.9 Å². The van der Waals surface area contributed by atoms with Crippen molar-refractivity contribution in [3.63, 3.8) is 0 Å². The van der Waals surface area contributed by atoms with Gasteiger partial charge in [0.25, 0.3) is 0 Å². The van der Waals surface area contributed by atoms with Crippen LogP contribution in [0.15, 0.2) is 24.4 Å². The lowest BCUT2D eigenvalue weighted by atomic mass is 10.0. The van der Waals surface area contributed by atoms with Gasteiger partial charge in [-0.1, -0.05) is 0 Å². The third-order valence-electron chi connectivity index (χ3n) is 4.77. The van der Waals surface area contributed by atoms with Crippen LogP contribution in [0.2, 0.25) is 0 Å². The molecule has 1 amide bonds. The van der Waals surface area contributed by atoms with Gasteiger partial charge in [0.1, 0.15) is 0 Å². The van der Waals surface area contributed by atoms with Crippen molar-refractivity contribution < 1.29 is 9.53 Å². The lowest BCUT2D eigenvalue weighted by Gasteiger charge is -2.30. The molecule has 4 rings (SSSR count). The molecule has 0 aliphatic carbocycles. The van der Waals surface area contributed by atoms with E-state index in [0.717, 1.165) is 54.7 Å². The molecule has 0 radical (unpaired) electrons. The van der Waals surface area contributed by atoms with Crippen molar-refractivity contribution in [2.45, 2.75) is 44.8 Å². The van der Waals surface area contributed by atoms with E-state index in [1.54, 1.807) is 6.20 Å². The largest absolute Gasteiger partial charge is 0.378 e. The molecule has 5 nitrogen and oxygen atoms in total. The van der Waals surface area contributed by atoms with Gasteiger partial charge in [-0.05, 0) is 43.0 Å². The van der Waals surface area contributed by atoms with E-state index in [-0.39, 0.29) is 12.0 Å². The third kappa shape index (κ3) is 3.06. The van der Waals surface area contributed by atoms with Crippen molar-refractivity contribution in [2.75, 3.05) is 13.2 Å². The van der Waals surface area contributed by atoms with Crippen LogP contribution >= 0.6 is 0 Å². The summed E-state index contributed by atoms with van der Waals surface area (Å²) in [6.07, 6.45) is 6.49. The molecule has 23 heavy (non-hydrogen) atoms. The SMILES string of the molecule is O=C(CC1CCCCO1)N1CCc2nc3ncccc3cc2C1. The van der Waals surface area contributed by atoms with Gasteiger partial charge in [-0.2, -0.15) is 0 Å². The van der Waals surface area contributed by atoms with Crippen LogP contribution in [0.3, 0.4) is 0 Å². The molecule has 0 bridgehead atoms. The Labute approximate surface area is 135 Å². The van der Waals surface area contributed by atoms with Crippen molar-refractivity contribution in [3.8, 4) is 0 Å². The van der Waals surface area contributed by atoms with Crippen molar-refractivity contribution in [1.29, 1.82) is 0 Å². The Morgan fingerprint density at radius 2 is 2.35 bits per heavy atom. The first-order valence-corrected chi connectivity index (χ1v) is 8.42. The second-order valence-corrected chi connectivity index (χ2v) is 6.40. The summed E-state index contributed by atoms with van der Waals surface area (Å²) in [6, 6.07) is 6.07. The molecule has 0 N–H and O–H groups in total. The fourth-order valence-electron chi connectivity index (χ4n) is 3.47. The number of fused-ring (bicyclic) bond motifs is 2. The van der Waals surface area contributed by atoms with Crippen LogP contribution in [0.25, 0.3) is 11.0 Å². The Morgan fingerprint density at radius 1 is 1.39 bits per heavy atom. The van der Waals surface area contributed by atoms with Crippen LogP contribution < -0.4 is 0 Å². The van der Waals surface area contributed by atoms with E-state index in [0.29, 0.717) is 13.0 Å². The fraction of sp³-hybridized carbons (Fsp3) is 0.500. The molecule has 120 valence electrons. The lowest BCUT2D eigenvalue weighted by Crippen LogP contribution is -2.38. The minimum Gasteiger partial charge on any atom is -0.378 e. The molecule has 0 aromatic carbocycles. The van der Waals surface area contributed by atoms with Crippen LogP contribution in [0.4, 0.5) is 0 Å². The Kier molecular flexibility index (Phi) is 3.95. The summed E-state index contributed by atoms with van der Waals surface area (Å²) in [5, 5.41) is 1.04. The second kappa shape index (κ2) is 6.24. The Bertz CT molecular complexity index is 725. The van der Waals surface area contributed by atoms with Crippen LogP contribution in [-0.2, 0) is 22.5 Å². The maximum atomic E-state index is 12.6. The highest BCUT2D eigenvalue weighted by atomic mass is 16.5. The van der Waals surface area contributed by atoms with Gasteiger partial charge in [0, 0.05) is 43.4 Å². The zero-order chi connectivity index (χ0) is 15.6. The number of carbonyl (C=O) groups excluding carboxylic acids is 1. The van der Waals surface area contributed by atoms with Gasteiger partial charge in [0.2, 0.25) is 5.91 Å². The Morgan fingerprint density at radius 3 is 3.22 bits per heavy atom. The normalized spacial score (nSPS) is 21.2. The summed E-state index contributed by atoms with van der Waals surface area (Å²) < 4.78 is 5.70. The zero-order valence-corrected chi connectivity index (χ0v) is 13.2. The molecule has 2 aromatic heterocycles. The first-order chi connectivity index (χ1) is 11.3. The van der Waals surface area contributed by atoms with Gasteiger partial charge < -0.3 is 9.64 Å². The minimum atomic E-state index is 0.108. The summed E-state index contributed by atoms with van der Waals surface area (Å²) >= 11 is 0. The predicted molar refractivity (Wildman–Crippen MR) is 86.9 cm³/mol. The van der Waals surface area contributed by atoms with Gasteiger partial charge in [0.05, 0.1) is 12.5 Å². The molecule has 1 unspecified atom stereocenters. The summed E-state index contributed by atoms with van der Waals surface area (Å²) in [6.45, 7) is 2.19. The Hall–Kier alpha value is -2.01. The average Bonchev–Trinajstić information content (AvgIpc) is 2.60. The van der Waals surface area contributed by atoms with E-state index in [4.69, 9.17) is 4.74 Å². The van der Waals surface area contributed by atoms with E-state index < -0.39 is 0 Å². The summed E-state index contributed by atoms with van der Waals surface area (Å²) in [4.78, 5) is 23.5. The zero-order valence-electron chi connectivity index (χ0n) is 13.2. The van der Waals surface area contributed by atoms with Gasteiger partial charge in [-0.15, -0.1) is 0 Å². The number of amides is 1. The highest BCUT2D eigenvalue weighted by Crippen LogP contribution is 2.23. The molecular weight excluding hydrogens is 290 g/mol. The predicted octanol–water partition coefficient (Wildman–Crippen LogP) is 2.47. The number of aromatic nitrogens is 2. The van der Waals surface area contributed by atoms with Crippen molar-refractivity contribution in [2.24, 2.45) is 0 Å². The maximum Gasteiger partial charge on any atom is 0.225 e. The standard InChI is InChI=1S/C18H21N3O2/c22-17(11-15-5-1-2-9-23-15)21-8-6-16-14(12-21)10-13-4-3-7-19-18(13)20-16/h3-4,7,10,15H,1-2,5-6,8-9,11-12H2. The number of hydrogen-bond donors (Lipinski definition) is 0. The first kappa shape index (κ1) is 14.6. The molecule has 1 saturated heterocycles. The molecule has 5 heteroatoms. The van der Waals surface area contributed by atoms with Crippen LogP contribution in [0.5, 0.6) is 0 Å². The van der Waals surface area contributed by atoms with E-state index in [1.165, 1.54) is 6.42 Å². The average molecular weight is 311 g/mol. The highest BCUT2D eigenvalue weighted by molar-refractivity contribution is 5.78. The minimum absolute atomic E-state index is 0.108. The summed E-state index contributed by atoms with van der Waals surface area (Å²) in [5.41, 5.74) is 3.02. The fourth-order valence-corrected chi connectivity index (χ4v) is 3.47. The first-order valence-electron chi connectivity index (χ1n) is 8.42. The molecule has 2 aromatic rings. The van der Waals surface area contributed by atoms with Crippen LogP contribution in [-0.4, -0.2) is 40.0 Å². The number of rotatable bonds is 2. The number of nitrogens with zero attached hydrogens (tertiary/aromatic N) is 3. The smallest absolute Gasteiger partial charge is 0.225 e. The van der Waals surface area contributed by atoms with Gasteiger partial charge >= 0.3 is 0 Å². The maximum absolute atomic E-state index is 12.6.